The lowest BCUT2D eigenvalue weighted by molar-refractivity contribution is -0.144. The maximum atomic E-state index is 11.7. The first-order valence-electron chi connectivity index (χ1n) is 6.17. The largest absolute Gasteiger partial charge is 0.467 e. The van der Waals surface area contributed by atoms with Gasteiger partial charge in [0.1, 0.15) is 6.04 Å². The molecule has 3 atom stereocenters. The lowest BCUT2D eigenvalue weighted by Gasteiger charge is -2.28. The minimum Gasteiger partial charge on any atom is -0.467 e. The van der Waals surface area contributed by atoms with E-state index in [9.17, 15) is 9.59 Å². The third kappa shape index (κ3) is 4.34. The van der Waals surface area contributed by atoms with Crippen LogP contribution in [-0.2, 0) is 14.3 Å². The Morgan fingerprint density at radius 3 is 2.65 bits per heavy atom. The van der Waals surface area contributed by atoms with E-state index in [2.05, 4.69) is 10.1 Å². The monoisotopic (exact) mass is 242 g/mol. The zero-order chi connectivity index (χ0) is 12.8. The molecule has 5 heteroatoms. The average molecular weight is 242 g/mol. The summed E-state index contributed by atoms with van der Waals surface area (Å²) in [5, 5.41) is 2.63. The first kappa shape index (κ1) is 14.0. The molecule has 0 aliphatic heterocycles. The summed E-state index contributed by atoms with van der Waals surface area (Å²) < 4.78 is 4.55. The van der Waals surface area contributed by atoms with Gasteiger partial charge in [0, 0.05) is 12.5 Å². The molecule has 1 aliphatic carbocycles. The quantitative estimate of drug-likeness (QED) is 0.706. The molecule has 5 nitrogen and oxygen atoms in total. The molecular weight excluding hydrogens is 220 g/mol. The number of carbonyl (C=O) groups is 2. The fourth-order valence-corrected chi connectivity index (χ4v) is 2.26. The Bertz CT molecular complexity index is 281. The second kappa shape index (κ2) is 6.59. The van der Waals surface area contributed by atoms with Crippen LogP contribution in [0.5, 0.6) is 0 Å². The Kier molecular flexibility index (Phi) is 5.41. The van der Waals surface area contributed by atoms with Gasteiger partial charge in [0.25, 0.3) is 0 Å². The highest BCUT2D eigenvalue weighted by Crippen LogP contribution is 2.25. The van der Waals surface area contributed by atoms with Crippen LogP contribution in [0.15, 0.2) is 0 Å². The normalized spacial score (nSPS) is 26.1. The van der Waals surface area contributed by atoms with E-state index in [4.69, 9.17) is 5.73 Å². The van der Waals surface area contributed by atoms with E-state index in [1.807, 2.05) is 0 Å². The van der Waals surface area contributed by atoms with Gasteiger partial charge < -0.3 is 15.8 Å². The lowest BCUT2D eigenvalue weighted by atomic mass is 9.83. The minimum absolute atomic E-state index is 0.114. The number of hydrogen-bond donors (Lipinski definition) is 2. The number of nitrogens with two attached hydrogens (primary N) is 1. The highest BCUT2D eigenvalue weighted by Gasteiger charge is 2.25. The number of nitrogens with one attached hydrogen (secondary N) is 1. The summed E-state index contributed by atoms with van der Waals surface area (Å²) in [7, 11) is 1.31. The molecule has 2 unspecified atom stereocenters. The molecule has 1 saturated carbocycles. The van der Waals surface area contributed by atoms with Crippen LogP contribution in [0.1, 0.15) is 39.0 Å². The van der Waals surface area contributed by atoms with Crippen molar-refractivity contribution >= 4 is 11.9 Å². The van der Waals surface area contributed by atoms with Crippen LogP contribution >= 0.6 is 0 Å². The third-order valence-electron chi connectivity index (χ3n) is 3.35. The number of carbonyl (C=O) groups excluding carboxylic acids is 2. The molecule has 1 rings (SSSR count). The van der Waals surface area contributed by atoms with E-state index < -0.39 is 12.0 Å². The van der Waals surface area contributed by atoms with Crippen molar-refractivity contribution in [3.05, 3.63) is 0 Å². The molecule has 17 heavy (non-hydrogen) atoms. The van der Waals surface area contributed by atoms with Crippen LogP contribution < -0.4 is 11.1 Å². The number of ether oxygens (including phenoxy) is 1. The van der Waals surface area contributed by atoms with Gasteiger partial charge >= 0.3 is 5.97 Å². The van der Waals surface area contributed by atoms with Crippen LogP contribution in [0, 0.1) is 5.92 Å². The fraction of sp³-hybridized carbons (Fsp3) is 0.833. The Balaban J connectivity index is 2.35. The van der Waals surface area contributed by atoms with E-state index in [-0.39, 0.29) is 17.9 Å². The number of hydrogen-bond acceptors (Lipinski definition) is 4. The van der Waals surface area contributed by atoms with Crippen molar-refractivity contribution in [1.82, 2.24) is 5.32 Å². The van der Waals surface area contributed by atoms with Gasteiger partial charge in [-0.25, -0.2) is 4.79 Å². The van der Waals surface area contributed by atoms with Crippen molar-refractivity contribution in [3.63, 3.8) is 0 Å². The van der Waals surface area contributed by atoms with Gasteiger partial charge in [-0.2, -0.15) is 0 Å². The van der Waals surface area contributed by atoms with Crippen LogP contribution in [-0.4, -0.2) is 31.1 Å². The molecule has 0 aromatic heterocycles. The van der Waals surface area contributed by atoms with Crippen molar-refractivity contribution in [2.75, 3.05) is 7.11 Å². The third-order valence-corrected chi connectivity index (χ3v) is 3.35. The summed E-state index contributed by atoms with van der Waals surface area (Å²) in [6, 6.07) is -0.477. The molecule has 1 fully saturated rings. The average Bonchev–Trinajstić information content (AvgIpc) is 2.31. The summed E-state index contributed by atoms with van der Waals surface area (Å²) >= 11 is 0. The summed E-state index contributed by atoms with van der Waals surface area (Å²) in [5.41, 5.74) is 5.97. The van der Waals surface area contributed by atoms with Crippen LogP contribution in [0.25, 0.3) is 0 Å². The van der Waals surface area contributed by atoms with Crippen LogP contribution in [0.4, 0.5) is 0 Å². The van der Waals surface area contributed by atoms with E-state index in [1.54, 1.807) is 6.92 Å². The zero-order valence-electron chi connectivity index (χ0n) is 10.6. The van der Waals surface area contributed by atoms with Gasteiger partial charge in [-0.3, -0.25) is 4.79 Å². The van der Waals surface area contributed by atoms with Crippen molar-refractivity contribution in [3.8, 4) is 0 Å². The standard InChI is InChI=1S/C12H22N2O3/c1-8(12(16)17-2)14-11(15)7-9-5-3-4-6-10(9)13/h8-10H,3-7,13H2,1-2H3,(H,14,15)/t8-,9?,10?/m0/s1. The summed E-state index contributed by atoms with van der Waals surface area (Å²) in [6.45, 7) is 1.62. The summed E-state index contributed by atoms with van der Waals surface area (Å²) in [4.78, 5) is 22.9. The van der Waals surface area contributed by atoms with Crippen molar-refractivity contribution in [1.29, 1.82) is 0 Å². The topological polar surface area (TPSA) is 81.4 Å². The van der Waals surface area contributed by atoms with Crippen LogP contribution in [0.3, 0.4) is 0 Å². The molecule has 0 heterocycles. The Morgan fingerprint density at radius 1 is 1.41 bits per heavy atom. The Labute approximate surface area is 102 Å². The Hall–Kier alpha value is -1.10. The molecular formula is C12H22N2O3. The number of esters is 1. The van der Waals surface area contributed by atoms with Gasteiger partial charge in [0.05, 0.1) is 7.11 Å². The summed E-state index contributed by atoms with van der Waals surface area (Å²) in [5.74, 6) is -0.301. The first-order valence-corrected chi connectivity index (χ1v) is 6.17. The summed E-state index contributed by atoms with van der Waals surface area (Å²) in [6.07, 6.45) is 4.68. The van der Waals surface area contributed by atoms with Gasteiger partial charge in [0.2, 0.25) is 5.91 Å². The van der Waals surface area contributed by atoms with E-state index in [0.29, 0.717) is 6.42 Å². The number of rotatable bonds is 4. The predicted molar refractivity (Wildman–Crippen MR) is 64.2 cm³/mol. The molecule has 0 bridgehead atoms. The lowest BCUT2D eigenvalue weighted by Crippen LogP contribution is -2.42. The molecule has 0 radical (unpaired) electrons. The molecule has 3 N–H and O–H groups in total. The zero-order valence-corrected chi connectivity index (χ0v) is 10.6. The molecule has 1 aliphatic rings. The highest BCUT2D eigenvalue weighted by molar-refractivity contribution is 5.84. The molecule has 98 valence electrons. The van der Waals surface area contributed by atoms with E-state index >= 15 is 0 Å². The predicted octanol–water partition coefficient (Wildman–Crippen LogP) is 0.572. The van der Waals surface area contributed by atoms with E-state index in [1.165, 1.54) is 7.11 Å². The second-order valence-corrected chi connectivity index (χ2v) is 4.72. The molecule has 1 amide bonds. The van der Waals surface area contributed by atoms with Gasteiger partial charge in [0.15, 0.2) is 0 Å². The molecule has 0 aromatic carbocycles. The van der Waals surface area contributed by atoms with Crippen molar-refractivity contribution in [2.45, 2.75) is 51.1 Å². The fourth-order valence-electron chi connectivity index (χ4n) is 2.26. The number of methoxy groups -OCH3 is 1. The maximum Gasteiger partial charge on any atom is 0.328 e. The Morgan fingerprint density at radius 2 is 2.06 bits per heavy atom. The first-order chi connectivity index (χ1) is 8.04. The van der Waals surface area contributed by atoms with Gasteiger partial charge in [-0.15, -0.1) is 0 Å². The minimum atomic E-state index is -0.590. The van der Waals surface area contributed by atoms with Crippen molar-refractivity contribution in [2.24, 2.45) is 11.7 Å². The maximum absolute atomic E-state index is 11.7. The van der Waals surface area contributed by atoms with E-state index in [0.717, 1.165) is 25.7 Å². The smallest absolute Gasteiger partial charge is 0.328 e. The SMILES string of the molecule is COC(=O)[C@H](C)NC(=O)CC1CCCCC1N. The van der Waals surface area contributed by atoms with Gasteiger partial charge in [-0.05, 0) is 25.7 Å². The highest BCUT2D eigenvalue weighted by atomic mass is 16.5. The van der Waals surface area contributed by atoms with Crippen LogP contribution in [0.2, 0.25) is 0 Å². The molecule has 0 spiro atoms. The molecule has 0 saturated heterocycles. The second-order valence-electron chi connectivity index (χ2n) is 4.72. The van der Waals surface area contributed by atoms with Crippen molar-refractivity contribution < 1.29 is 14.3 Å². The van der Waals surface area contributed by atoms with Gasteiger partial charge in [-0.1, -0.05) is 12.8 Å². The molecule has 0 aromatic rings. The number of amides is 1.